The highest BCUT2D eigenvalue weighted by Gasteiger charge is 2.42. The molecule has 0 aromatic rings. The predicted molar refractivity (Wildman–Crippen MR) is 129 cm³/mol. The van der Waals surface area contributed by atoms with Crippen LogP contribution in [0.5, 0.6) is 0 Å². The van der Waals surface area contributed by atoms with Crippen LogP contribution in [-0.2, 0) is 28.5 Å². The number of rotatable bonds is 11. The Morgan fingerprint density at radius 1 is 1.23 bits per heavy atom. The molecule has 4 heterocycles. The lowest BCUT2D eigenvalue weighted by Gasteiger charge is -2.42. The summed E-state index contributed by atoms with van der Waals surface area (Å²) in [7, 11) is 1.64. The summed E-state index contributed by atoms with van der Waals surface area (Å²) in [6.07, 6.45) is 4.87. The summed E-state index contributed by atoms with van der Waals surface area (Å²) >= 11 is 0. The highest BCUT2D eigenvalue weighted by Crippen LogP contribution is 2.34. The van der Waals surface area contributed by atoms with E-state index in [2.05, 4.69) is 6.58 Å². The third-order valence-corrected chi connectivity index (χ3v) is 7.92. The highest BCUT2D eigenvalue weighted by atomic mass is 16.6. The monoisotopic (exact) mass is 494 g/mol. The number of hydrogen-bond donors (Lipinski definition) is 2. The Balaban J connectivity index is 1.24. The van der Waals surface area contributed by atoms with Crippen molar-refractivity contribution in [1.82, 2.24) is 0 Å². The number of ether oxygens (including phenoxy) is 5. The molecule has 0 radical (unpaired) electrons. The molecule has 4 aliphatic heterocycles. The van der Waals surface area contributed by atoms with Crippen molar-refractivity contribution in [1.29, 1.82) is 0 Å². The van der Waals surface area contributed by atoms with Gasteiger partial charge in [0.1, 0.15) is 36.0 Å². The molecule has 2 N–H and O–H groups in total. The summed E-state index contributed by atoms with van der Waals surface area (Å²) < 4.78 is 29.0. The van der Waals surface area contributed by atoms with Gasteiger partial charge >= 0.3 is 0 Å². The van der Waals surface area contributed by atoms with Crippen LogP contribution >= 0.6 is 0 Å². The maximum absolute atomic E-state index is 12.6. The molecule has 9 atom stereocenters. The van der Waals surface area contributed by atoms with E-state index in [1.54, 1.807) is 13.2 Å². The van der Waals surface area contributed by atoms with Crippen LogP contribution in [0, 0.1) is 5.92 Å². The summed E-state index contributed by atoms with van der Waals surface area (Å²) in [4.78, 5) is 12.6. The Morgan fingerprint density at radius 2 is 2.06 bits per heavy atom. The van der Waals surface area contributed by atoms with Crippen molar-refractivity contribution >= 4 is 5.78 Å². The third-order valence-electron chi connectivity index (χ3n) is 7.92. The number of hydrogen-bond acceptors (Lipinski definition) is 8. The molecule has 198 valence electrons. The van der Waals surface area contributed by atoms with Crippen LogP contribution in [0.4, 0.5) is 0 Å². The fourth-order valence-corrected chi connectivity index (χ4v) is 5.74. The zero-order valence-corrected chi connectivity index (χ0v) is 21.1. The number of fused-ring (bicyclic) bond motifs is 1. The molecule has 8 heteroatoms. The molecule has 4 rings (SSSR count). The maximum Gasteiger partial charge on any atom is 0.135 e. The van der Waals surface area contributed by atoms with Crippen molar-refractivity contribution in [2.75, 3.05) is 20.3 Å². The van der Waals surface area contributed by atoms with Crippen molar-refractivity contribution in [3.63, 3.8) is 0 Å². The number of aliphatic hydroxyl groups excluding tert-OH is 2. The van der Waals surface area contributed by atoms with Gasteiger partial charge in [-0.1, -0.05) is 6.58 Å². The lowest BCUT2D eigenvalue weighted by molar-refractivity contribution is -0.176. The molecule has 3 saturated heterocycles. The molecule has 0 saturated carbocycles. The Labute approximate surface area is 208 Å². The van der Waals surface area contributed by atoms with Gasteiger partial charge in [-0.2, -0.15) is 0 Å². The van der Waals surface area contributed by atoms with Gasteiger partial charge in [0, 0.05) is 33.0 Å². The minimum Gasteiger partial charge on any atom is -0.489 e. The Kier molecular flexibility index (Phi) is 9.41. The van der Waals surface area contributed by atoms with Gasteiger partial charge in [-0.05, 0) is 63.0 Å². The number of ketones is 1. The first kappa shape index (κ1) is 26.8. The lowest BCUT2D eigenvalue weighted by atomic mass is 9.89. The second-order valence-electron chi connectivity index (χ2n) is 10.7. The van der Waals surface area contributed by atoms with E-state index in [0.717, 1.165) is 37.9 Å². The van der Waals surface area contributed by atoms with Gasteiger partial charge in [0.25, 0.3) is 0 Å². The average Bonchev–Trinajstić information content (AvgIpc) is 3.44. The molecular weight excluding hydrogens is 452 g/mol. The molecule has 35 heavy (non-hydrogen) atoms. The zero-order valence-electron chi connectivity index (χ0n) is 21.1. The molecule has 0 amide bonds. The van der Waals surface area contributed by atoms with Crippen LogP contribution in [0.15, 0.2) is 24.0 Å². The van der Waals surface area contributed by atoms with Gasteiger partial charge in [-0.3, -0.25) is 4.79 Å². The van der Waals surface area contributed by atoms with Crippen LogP contribution in [0.3, 0.4) is 0 Å². The normalized spacial score (nSPS) is 36.9. The van der Waals surface area contributed by atoms with E-state index < -0.39 is 18.3 Å². The molecule has 0 bridgehead atoms. The van der Waals surface area contributed by atoms with Crippen molar-refractivity contribution < 1.29 is 38.7 Å². The molecule has 8 nitrogen and oxygen atoms in total. The first-order valence-electron chi connectivity index (χ1n) is 13.2. The minimum atomic E-state index is -0.890. The second-order valence-corrected chi connectivity index (χ2v) is 10.7. The number of aliphatic hydroxyl groups is 2. The maximum atomic E-state index is 12.6. The zero-order chi connectivity index (χ0) is 24.9. The van der Waals surface area contributed by atoms with Crippen molar-refractivity contribution in [3.8, 4) is 0 Å². The summed E-state index contributed by atoms with van der Waals surface area (Å²) in [6, 6.07) is 0. The van der Waals surface area contributed by atoms with Crippen molar-refractivity contribution in [2.24, 2.45) is 5.92 Å². The molecule has 0 spiro atoms. The van der Waals surface area contributed by atoms with Gasteiger partial charge in [-0.25, -0.2) is 0 Å². The van der Waals surface area contributed by atoms with E-state index in [-0.39, 0.29) is 42.2 Å². The van der Waals surface area contributed by atoms with Crippen LogP contribution < -0.4 is 0 Å². The van der Waals surface area contributed by atoms with Crippen molar-refractivity contribution in [3.05, 3.63) is 24.0 Å². The van der Waals surface area contributed by atoms with E-state index in [4.69, 9.17) is 23.7 Å². The van der Waals surface area contributed by atoms with E-state index >= 15 is 0 Å². The molecule has 0 aliphatic carbocycles. The minimum absolute atomic E-state index is 0.132. The molecule has 3 fully saturated rings. The SMILES string of the molecule is C=C1CO[C@@H](CC[C@H](C[C@@H](O)C2=C[C@@H](O)[C@H]3O[C@@H](CC(=O)C[C@@H]4CCO[C@H]4C)CC[C@@H]3O2)OC)C1. The first-order valence-corrected chi connectivity index (χ1v) is 13.2. The predicted octanol–water partition coefficient (Wildman–Crippen LogP) is 2.84. The van der Waals surface area contributed by atoms with E-state index in [0.29, 0.717) is 44.5 Å². The summed E-state index contributed by atoms with van der Waals surface area (Å²) in [5, 5.41) is 21.6. The van der Waals surface area contributed by atoms with Crippen LogP contribution in [-0.4, -0.2) is 85.2 Å². The van der Waals surface area contributed by atoms with Gasteiger partial charge in [-0.15, -0.1) is 0 Å². The fourth-order valence-electron chi connectivity index (χ4n) is 5.74. The average molecular weight is 495 g/mol. The third kappa shape index (κ3) is 7.14. The molecule has 0 unspecified atom stereocenters. The van der Waals surface area contributed by atoms with Crippen molar-refractivity contribution in [2.45, 2.75) is 114 Å². The topological polar surface area (TPSA) is 104 Å². The van der Waals surface area contributed by atoms with Crippen LogP contribution in [0.1, 0.15) is 64.7 Å². The molecule has 0 aromatic heterocycles. The fraction of sp³-hybridized carbons (Fsp3) is 0.815. The number of Topliss-reactive ketones (excluding diaryl/α,β-unsaturated/α-hetero) is 1. The van der Waals surface area contributed by atoms with E-state index in [9.17, 15) is 15.0 Å². The van der Waals surface area contributed by atoms with Gasteiger partial charge in [0.05, 0.1) is 31.0 Å². The standard InChI is InChI=1S/C27H42O8/c1-16-10-21(33-15-16)5-4-20(31-3)13-23(29)26-14-24(30)27-25(35-26)7-6-22(34-27)12-19(28)11-18-8-9-32-17(18)2/h14,17-18,20-25,27,29-30H,1,4-13,15H2,2-3H3/t17-,18-,20+,21-,22+,23+,24+,25-,27+/m0/s1. The Morgan fingerprint density at radius 3 is 2.74 bits per heavy atom. The summed E-state index contributed by atoms with van der Waals surface area (Å²) in [5.74, 6) is 0.849. The second kappa shape index (κ2) is 12.3. The van der Waals surface area contributed by atoms with Crippen LogP contribution in [0.2, 0.25) is 0 Å². The van der Waals surface area contributed by atoms with Crippen LogP contribution in [0.25, 0.3) is 0 Å². The summed E-state index contributed by atoms with van der Waals surface area (Å²) in [5.41, 5.74) is 1.12. The van der Waals surface area contributed by atoms with Gasteiger partial charge in [0.2, 0.25) is 0 Å². The number of carbonyl (C=O) groups is 1. The first-order chi connectivity index (χ1) is 16.8. The van der Waals surface area contributed by atoms with Gasteiger partial charge in [0.15, 0.2) is 0 Å². The Bertz CT molecular complexity index is 766. The number of carbonyl (C=O) groups excluding carboxylic acids is 1. The Hall–Kier alpha value is -1.29. The lowest BCUT2D eigenvalue weighted by Crippen LogP contribution is -2.50. The largest absolute Gasteiger partial charge is 0.489 e. The number of methoxy groups -OCH3 is 1. The van der Waals surface area contributed by atoms with E-state index in [1.165, 1.54) is 0 Å². The van der Waals surface area contributed by atoms with Gasteiger partial charge < -0.3 is 33.9 Å². The highest BCUT2D eigenvalue weighted by molar-refractivity contribution is 5.79. The molecular formula is C27H42O8. The molecule has 4 aliphatic rings. The van der Waals surface area contributed by atoms with E-state index in [1.807, 2.05) is 6.92 Å². The smallest absolute Gasteiger partial charge is 0.135 e. The quantitative estimate of drug-likeness (QED) is 0.423. The molecule has 0 aromatic carbocycles. The summed E-state index contributed by atoms with van der Waals surface area (Å²) in [6.45, 7) is 7.34.